The van der Waals surface area contributed by atoms with E-state index in [-0.39, 0.29) is 52.9 Å². The number of nitrogens with two attached hydrogens (primary N) is 1. The molecule has 15 nitrogen and oxygen atoms in total. The van der Waals surface area contributed by atoms with E-state index >= 15 is 0 Å². The van der Waals surface area contributed by atoms with Gasteiger partial charge >= 0.3 is 0 Å². The van der Waals surface area contributed by atoms with E-state index in [4.69, 9.17) is 25.8 Å². The molecule has 4 saturated heterocycles. The monoisotopic (exact) mass is 889 g/mol. The van der Waals surface area contributed by atoms with Crippen LogP contribution in [0.2, 0.25) is 0 Å². The van der Waals surface area contributed by atoms with Gasteiger partial charge in [-0.05, 0) is 120 Å². The minimum Gasteiger partial charge on any atom is -0.507 e. The lowest BCUT2D eigenvalue weighted by Crippen LogP contribution is -2.51. The van der Waals surface area contributed by atoms with E-state index in [0.717, 1.165) is 114 Å². The van der Waals surface area contributed by atoms with Crippen LogP contribution >= 0.6 is 0 Å². The van der Waals surface area contributed by atoms with Crippen molar-refractivity contribution in [2.75, 3.05) is 57.3 Å². The second-order valence-corrected chi connectivity index (χ2v) is 19.5. The molecule has 1 amide bonds. The number of hydrogen-bond acceptors (Lipinski definition) is 12. The van der Waals surface area contributed by atoms with Crippen molar-refractivity contribution in [3.63, 3.8) is 0 Å². The predicted molar refractivity (Wildman–Crippen MR) is 250 cm³/mol. The van der Waals surface area contributed by atoms with Crippen molar-refractivity contribution < 1.29 is 24.0 Å². The van der Waals surface area contributed by atoms with E-state index in [9.17, 15) is 14.7 Å². The summed E-state index contributed by atoms with van der Waals surface area (Å²) in [6, 6.07) is 9.13. The van der Waals surface area contributed by atoms with Crippen molar-refractivity contribution in [3.8, 4) is 17.6 Å². The predicted octanol–water partition coefficient (Wildman–Crippen LogP) is 5.99. The van der Waals surface area contributed by atoms with Crippen molar-refractivity contribution in [2.45, 2.75) is 121 Å². The van der Waals surface area contributed by atoms with Gasteiger partial charge in [0.1, 0.15) is 23.8 Å². The van der Waals surface area contributed by atoms with Gasteiger partial charge in [-0.25, -0.2) is 0 Å². The standard InChI is InChI=1S/C50H68N10O5/c1-33(2)48(50(63)59-18-6-7-39(59)32-61)46-28-47(55-65-46)58-23-16-42(17-24-58)64-41-14-19-56(20-15-41)30-36-25-40(26-36)57-21-12-37(13-22-57)34(3)60-31-35(29-54-60)10-11-38(49(52)53)27-44(51)43-8-4-5-9-45(43)62/h4-5,8-9,27-29,31-34,36-37,39-42,48,51,62H,6-7,12-26,30H2,1-3H3,(H3,52,53)/b38-27-,51-44?. The van der Waals surface area contributed by atoms with E-state index < -0.39 is 5.92 Å². The molecule has 3 unspecified atom stereocenters. The number of nitrogens with zero attached hydrogens (tertiary/aromatic N) is 7. The molecular formula is C50H68N10O5. The second-order valence-electron chi connectivity index (χ2n) is 19.5. The SMILES string of the molecule is CC(C)C(C(=O)N1CCCC1C=O)c1cc(N2CCC(OC3CCN(CC4CC(N5CCC(C(C)n6cc(C#C/C(=C/C(=N)c7ccccc7O)C(=N)N)cn6)CC5)C4)CC3)CC2)no1. The molecule has 0 spiro atoms. The largest absolute Gasteiger partial charge is 0.507 e. The van der Waals surface area contributed by atoms with E-state index in [2.05, 4.69) is 43.7 Å². The molecule has 5 fully saturated rings. The van der Waals surface area contributed by atoms with Gasteiger partial charge in [0.05, 0.1) is 47.3 Å². The summed E-state index contributed by atoms with van der Waals surface area (Å²) >= 11 is 0. The Kier molecular flexibility index (Phi) is 14.9. The minimum absolute atomic E-state index is 0.00886. The molecule has 65 heavy (non-hydrogen) atoms. The minimum atomic E-state index is -0.449. The number of ether oxygens (including phenoxy) is 1. The number of hydrogen-bond donors (Lipinski definition) is 4. The summed E-state index contributed by atoms with van der Waals surface area (Å²) in [5.74, 6) is 7.97. The smallest absolute Gasteiger partial charge is 0.234 e. The summed E-state index contributed by atoms with van der Waals surface area (Å²) in [4.78, 5) is 34.4. The van der Waals surface area contributed by atoms with E-state index in [0.29, 0.717) is 35.9 Å². The first-order valence-electron chi connectivity index (χ1n) is 24.0. The maximum Gasteiger partial charge on any atom is 0.234 e. The molecule has 6 heterocycles. The molecule has 5 aliphatic rings. The number of benzene rings is 1. The number of aromatic nitrogens is 3. The summed E-state index contributed by atoms with van der Waals surface area (Å²) in [6.07, 6.45) is 17.1. The number of allylic oxidation sites excluding steroid dienone is 1. The van der Waals surface area contributed by atoms with Crippen molar-refractivity contribution >= 4 is 29.6 Å². The van der Waals surface area contributed by atoms with Crippen molar-refractivity contribution in [1.29, 1.82) is 10.8 Å². The number of amides is 1. The van der Waals surface area contributed by atoms with Crippen LogP contribution in [0.5, 0.6) is 5.75 Å². The fraction of sp³-hybridized carbons (Fsp3) is 0.600. The number of amidine groups is 1. The first-order valence-corrected chi connectivity index (χ1v) is 24.0. The molecule has 8 rings (SSSR count). The molecule has 3 atom stereocenters. The zero-order valence-corrected chi connectivity index (χ0v) is 38.4. The molecule has 0 bridgehead atoms. The fourth-order valence-electron chi connectivity index (χ4n) is 10.8. The number of aromatic hydroxyl groups is 1. The summed E-state index contributed by atoms with van der Waals surface area (Å²) in [7, 11) is 0. The first kappa shape index (κ1) is 46.2. The van der Waals surface area contributed by atoms with Gasteiger partial charge in [0.15, 0.2) is 11.6 Å². The summed E-state index contributed by atoms with van der Waals surface area (Å²) < 4.78 is 14.5. The molecule has 0 radical (unpaired) electrons. The van der Waals surface area contributed by atoms with Crippen LogP contribution in [-0.4, -0.2) is 135 Å². The number of anilines is 1. The number of rotatable bonds is 15. The average molecular weight is 889 g/mol. The van der Waals surface area contributed by atoms with Crippen molar-refractivity contribution in [3.05, 3.63) is 71.3 Å². The van der Waals surface area contributed by atoms with Gasteiger partial charge in [0.2, 0.25) is 5.91 Å². The van der Waals surface area contributed by atoms with Crippen LogP contribution in [0.1, 0.15) is 114 Å². The average Bonchev–Trinajstić information content (AvgIpc) is 4.09. The molecule has 15 heteroatoms. The molecule has 2 aromatic heterocycles. The fourth-order valence-corrected chi connectivity index (χ4v) is 10.8. The lowest BCUT2D eigenvalue weighted by atomic mass is 9.77. The highest BCUT2D eigenvalue weighted by atomic mass is 16.5. The Balaban J connectivity index is 0.711. The van der Waals surface area contributed by atoms with Gasteiger partial charge in [-0.1, -0.05) is 43.0 Å². The number of para-hydroxylation sites is 1. The van der Waals surface area contributed by atoms with Crippen LogP contribution < -0.4 is 10.6 Å². The van der Waals surface area contributed by atoms with Gasteiger partial charge in [-0.3, -0.25) is 14.9 Å². The van der Waals surface area contributed by atoms with Gasteiger partial charge in [0, 0.05) is 63.1 Å². The van der Waals surface area contributed by atoms with E-state index in [1.54, 1.807) is 29.3 Å². The normalized spacial score (nSPS) is 24.1. The molecule has 3 aromatic rings. The van der Waals surface area contributed by atoms with Crippen molar-refractivity contribution in [2.24, 2.45) is 23.5 Å². The molecular weight excluding hydrogens is 821 g/mol. The first-order chi connectivity index (χ1) is 31.4. The number of phenolic OH excluding ortho intramolecular Hbond substituents is 1. The highest BCUT2D eigenvalue weighted by Crippen LogP contribution is 2.38. The van der Waals surface area contributed by atoms with Crippen molar-refractivity contribution in [1.82, 2.24) is 29.6 Å². The lowest BCUT2D eigenvalue weighted by Gasteiger charge is -2.48. The third-order valence-electron chi connectivity index (χ3n) is 14.8. The topological polar surface area (TPSA) is 194 Å². The zero-order valence-electron chi connectivity index (χ0n) is 38.4. The Morgan fingerprint density at radius 3 is 2.37 bits per heavy atom. The summed E-state index contributed by atoms with van der Waals surface area (Å²) in [5.41, 5.74) is 7.12. The number of aldehydes is 1. The molecule has 1 saturated carbocycles. The summed E-state index contributed by atoms with van der Waals surface area (Å²) in [6.45, 7) is 14.2. The highest BCUT2D eigenvalue weighted by Gasteiger charge is 2.39. The Hall–Kier alpha value is -5.30. The van der Waals surface area contributed by atoms with Crippen LogP contribution in [0, 0.1) is 40.4 Å². The number of likely N-dealkylation sites (tertiary alicyclic amines) is 3. The van der Waals surface area contributed by atoms with Gasteiger partial charge < -0.3 is 49.9 Å². The van der Waals surface area contributed by atoms with Crippen LogP contribution in [0.15, 0.2) is 58.9 Å². The molecule has 348 valence electrons. The van der Waals surface area contributed by atoms with E-state index in [1.807, 2.05) is 30.8 Å². The highest BCUT2D eigenvalue weighted by molar-refractivity contribution is 6.14. The van der Waals surface area contributed by atoms with Crippen LogP contribution in [0.3, 0.4) is 0 Å². The maximum absolute atomic E-state index is 13.5. The Morgan fingerprint density at radius 1 is 0.985 bits per heavy atom. The Morgan fingerprint density at radius 2 is 1.69 bits per heavy atom. The number of nitrogens with one attached hydrogen (secondary N) is 2. The molecule has 5 N–H and O–H groups in total. The molecule has 4 aliphatic heterocycles. The van der Waals surface area contributed by atoms with Gasteiger partial charge in [0.25, 0.3) is 0 Å². The molecule has 1 aromatic carbocycles. The zero-order chi connectivity index (χ0) is 45.6. The lowest BCUT2D eigenvalue weighted by molar-refractivity contribution is -0.137. The van der Waals surface area contributed by atoms with Gasteiger partial charge in [-0.15, -0.1) is 0 Å². The molecule has 1 aliphatic carbocycles. The number of piperidine rings is 3. The second kappa shape index (κ2) is 20.9. The third-order valence-corrected chi connectivity index (χ3v) is 14.8. The Labute approximate surface area is 383 Å². The van der Waals surface area contributed by atoms with Crippen LogP contribution in [0.25, 0.3) is 0 Å². The quantitative estimate of drug-likeness (QED) is 0.0606. The maximum atomic E-state index is 13.5. The third kappa shape index (κ3) is 11.0. The van der Waals surface area contributed by atoms with Crippen LogP contribution in [0.4, 0.5) is 5.82 Å². The number of carbonyl (C=O) groups excluding carboxylic acids is 2. The number of carbonyl (C=O) groups is 2. The van der Waals surface area contributed by atoms with Crippen LogP contribution in [-0.2, 0) is 14.3 Å². The van der Waals surface area contributed by atoms with Gasteiger partial charge in [-0.2, -0.15) is 5.10 Å². The van der Waals surface area contributed by atoms with E-state index in [1.165, 1.54) is 31.5 Å². The Bertz CT molecular complexity index is 2230. The summed E-state index contributed by atoms with van der Waals surface area (Å²) in [5, 5.41) is 35.5. The number of phenols is 1.